The lowest BCUT2D eigenvalue weighted by Crippen LogP contribution is -2.31. The summed E-state index contributed by atoms with van der Waals surface area (Å²) in [6.45, 7) is 1.95. The number of primary amides is 1. The van der Waals surface area contributed by atoms with Crippen molar-refractivity contribution in [2.75, 3.05) is 5.32 Å². The minimum absolute atomic E-state index is 0.0711. The number of hydrogen-bond acceptors (Lipinski definition) is 3. The van der Waals surface area contributed by atoms with Gasteiger partial charge >= 0.3 is 6.03 Å². The molecule has 1 heterocycles. The third-order valence-electron chi connectivity index (χ3n) is 2.71. The number of carbonyl (C=O) groups is 2. The molecule has 6 heteroatoms. The predicted molar refractivity (Wildman–Crippen MR) is 68.1 cm³/mol. The maximum absolute atomic E-state index is 11.1. The lowest BCUT2D eigenvalue weighted by atomic mass is 9.94. The normalized spacial score (nSPS) is 18.8. The van der Waals surface area contributed by atoms with Gasteiger partial charge in [-0.3, -0.25) is 4.79 Å². The summed E-state index contributed by atoms with van der Waals surface area (Å²) >= 11 is 0. The van der Waals surface area contributed by atoms with E-state index in [4.69, 9.17) is 5.73 Å². The van der Waals surface area contributed by atoms with E-state index in [0.717, 1.165) is 11.3 Å². The number of hydrogen-bond donors (Lipinski definition) is 3. The molecule has 0 bridgehead atoms. The molecule has 1 atom stereocenters. The molecule has 1 unspecified atom stereocenters. The largest absolute Gasteiger partial charge is 0.351 e. The summed E-state index contributed by atoms with van der Waals surface area (Å²) in [5.41, 5.74) is 9.86. The lowest BCUT2D eigenvalue weighted by Gasteiger charge is -2.19. The third-order valence-corrected chi connectivity index (χ3v) is 2.71. The Morgan fingerprint density at radius 1 is 1.44 bits per heavy atom. The van der Waals surface area contributed by atoms with Crippen LogP contribution in [0.25, 0.3) is 0 Å². The first kappa shape index (κ1) is 12.1. The Balaban J connectivity index is 2.19. The van der Waals surface area contributed by atoms with Crippen molar-refractivity contribution >= 4 is 23.3 Å². The summed E-state index contributed by atoms with van der Waals surface area (Å²) < 4.78 is 0. The molecule has 94 valence electrons. The Morgan fingerprint density at radius 2 is 2.11 bits per heavy atom. The second-order valence-corrected chi connectivity index (χ2v) is 4.20. The Hall–Kier alpha value is -2.37. The first-order valence-corrected chi connectivity index (χ1v) is 5.59. The molecule has 0 saturated carbocycles. The van der Waals surface area contributed by atoms with Crippen LogP contribution in [0.4, 0.5) is 10.5 Å². The van der Waals surface area contributed by atoms with Crippen molar-refractivity contribution in [1.29, 1.82) is 0 Å². The molecule has 18 heavy (non-hydrogen) atoms. The maximum Gasteiger partial charge on any atom is 0.316 e. The smallest absolute Gasteiger partial charge is 0.316 e. The highest BCUT2D eigenvalue weighted by atomic mass is 16.2. The summed E-state index contributed by atoms with van der Waals surface area (Å²) in [6.07, 6.45) is 0.431. The third kappa shape index (κ3) is 2.65. The van der Waals surface area contributed by atoms with E-state index in [0.29, 0.717) is 12.1 Å². The average molecular weight is 246 g/mol. The standard InChI is InChI=1S/C12H14N4O2/c1-7-6-10(17)15-16-11(7)8-2-4-9(5-3-8)14-12(13)18/h2-5,7H,6H2,1H3,(H,15,17)(H3,13,14,18). The van der Waals surface area contributed by atoms with Gasteiger partial charge in [0.05, 0.1) is 5.71 Å². The summed E-state index contributed by atoms with van der Waals surface area (Å²) in [4.78, 5) is 21.8. The van der Waals surface area contributed by atoms with Crippen molar-refractivity contribution in [2.45, 2.75) is 13.3 Å². The molecule has 4 N–H and O–H groups in total. The zero-order valence-electron chi connectivity index (χ0n) is 9.93. The first-order valence-electron chi connectivity index (χ1n) is 5.59. The van der Waals surface area contributed by atoms with Crippen LogP contribution in [0.3, 0.4) is 0 Å². The highest BCUT2D eigenvalue weighted by Crippen LogP contribution is 2.18. The van der Waals surface area contributed by atoms with Crippen molar-refractivity contribution in [1.82, 2.24) is 5.43 Å². The minimum Gasteiger partial charge on any atom is -0.351 e. The highest BCUT2D eigenvalue weighted by Gasteiger charge is 2.21. The van der Waals surface area contributed by atoms with Crippen LogP contribution < -0.4 is 16.5 Å². The topological polar surface area (TPSA) is 96.6 Å². The Labute approximate surface area is 104 Å². The number of hydrazone groups is 1. The number of carbonyl (C=O) groups excluding carboxylic acids is 2. The van der Waals surface area contributed by atoms with Crippen LogP contribution in [0.1, 0.15) is 18.9 Å². The van der Waals surface area contributed by atoms with Gasteiger partial charge in [-0.05, 0) is 17.7 Å². The van der Waals surface area contributed by atoms with E-state index >= 15 is 0 Å². The summed E-state index contributed by atoms with van der Waals surface area (Å²) in [7, 11) is 0. The van der Waals surface area contributed by atoms with Crippen molar-refractivity contribution in [3.8, 4) is 0 Å². The molecule has 0 radical (unpaired) electrons. The minimum atomic E-state index is -0.599. The van der Waals surface area contributed by atoms with Crippen molar-refractivity contribution < 1.29 is 9.59 Å². The molecule has 1 aromatic carbocycles. The molecular weight excluding hydrogens is 232 g/mol. The van der Waals surface area contributed by atoms with Gasteiger partial charge in [-0.15, -0.1) is 0 Å². The lowest BCUT2D eigenvalue weighted by molar-refractivity contribution is -0.121. The number of nitrogens with one attached hydrogen (secondary N) is 2. The number of rotatable bonds is 2. The average Bonchev–Trinajstić information content (AvgIpc) is 2.30. The second-order valence-electron chi connectivity index (χ2n) is 4.20. The van der Waals surface area contributed by atoms with Gasteiger partial charge in [0.2, 0.25) is 5.91 Å². The van der Waals surface area contributed by atoms with Crippen LogP contribution in [0.2, 0.25) is 0 Å². The zero-order chi connectivity index (χ0) is 13.1. The molecule has 0 aliphatic carbocycles. The van der Waals surface area contributed by atoms with Gasteiger partial charge in [-0.2, -0.15) is 5.10 Å². The molecule has 0 aromatic heterocycles. The van der Waals surface area contributed by atoms with Crippen LogP contribution in [-0.2, 0) is 4.79 Å². The van der Waals surface area contributed by atoms with E-state index in [1.807, 2.05) is 19.1 Å². The Morgan fingerprint density at radius 3 is 2.67 bits per heavy atom. The molecule has 6 nitrogen and oxygen atoms in total. The van der Waals surface area contributed by atoms with Crippen molar-refractivity contribution in [3.63, 3.8) is 0 Å². The van der Waals surface area contributed by atoms with Crippen LogP contribution in [0.5, 0.6) is 0 Å². The van der Waals surface area contributed by atoms with E-state index < -0.39 is 6.03 Å². The fraction of sp³-hybridized carbons (Fsp3) is 0.250. The number of amides is 3. The van der Waals surface area contributed by atoms with Gasteiger partial charge in [0, 0.05) is 18.0 Å². The van der Waals surface area contributed by atoms with Crippen LogP contribution in [0, 0.1) is 5.92 Å². The van der Waals surface area contributed by atoms with Gasteiger partial charge in [-0.1, -0.05) is 19.1 Å². The molecule has 0 spiro atoms. The Bertz CT molecular complexity index is 507. The SMILES string of the molecule is CC1CC(=O)NN=C1c1ccc(NC(N)=O)cc1. The van der Waals surface area contributed by atoms with Gasteiger partial charge in [0.15, 0.2) is 0 Å². The van der Waals surface area contributed by atoms with Crippen LogP contribution >= 0.6 is 0 Å². The maximum atomic E-state index is 11.1. The zero-order valence-corrected chi connectivity index (χ0v) is 9.93. The van der Waals surface area contributed by atoms with E-state index in [-0.39, 0.29) is 11.8 Å². The molecule has 1 aliphatic heterocycles. The van der Waals surface area contributed by atoms with Crippen LogP contribution in [0.15, 0.2) is 29.4 Å². The predicted octanol–water partition coefficient (Wildman–Crippen LogP) is 1.04. The van der Waals surface area contributed by atoms with Crippen molar-refractivity contribution in [2.24, 2.45) is 16.8 Å². The number of anilines is 1. The summed E-state index contributed by atoms with van der Waals surface area (Å²) in [5.74, 6) is 0.00645. The summed E-state index contributed by atoms with van der Waals surface area (Å²) in [6, 6.07) is 6.55. The first-order chi connectivity index (χ1) is 8.56. The number of benzene rings is 1. The van der Waals surface area contributed by atoms with Gasteiger partial charge in [0.1, 0.15) is 0 Å². The van der Waals surface area contributed by atoms with E-state index in [1.54, 1.807) is 12.1 Å². The molecular formula is C12H14N4O2. The monoisotopic (exact) mass is 246 g/mol. The van der Waals surface area contributed by atoms with E-state index in [1.165, 1.54) is 0 Å². The molecule has 2 rings (SSSR count). The Kier molecular flexibility index (Phi) is 3.27. The highest BCUT2D eigenvalue weighted by molar-refractivity contribution is 6.06. The van der Waals surface area contributed by atoms with Crippen molar-refractivity contribution in [3.05, 3.63) is 29.8 Å². The molecule has 1 aliphatic rings. The van der Waals surface area contributed by atoms with Gasteiger partial charge in [-0.25, -0.2) is 10.2 Å². The van der Waals surface area contributed by atoms with Gasteiger partial charge in [0.25, 0.3) is 0 Å². The number of nitrogens with zero attached hydrogens (tertiary/aromatic N) is 1. The molecule has 0 fully saturated rings. The van der Waals surface area contributed by atoms with Gasteiger partial charge < -0.3 is 11.1 Å². The summed E-state index contributed by atoms with van der Waals surface area (Å²) in [5, 5.41) is 6.54. The fourth-order valence-electron chi connectivity index (χ4n) is 1.87. The van der Waals surface area contributed by atoms with E-state index in [2.05, 4.69) is 15.8 Å². The second kappa shape index (κ2) is 4.87. The van der Waals surface area contributed by atoms with Crippen LogP contribution in [-0.4, -0.2) is 17.6 Å². The fourth-order valence-corrected chi connectivity index (χ4v) is 1.87. The quantitative estimate of drug-likeness (QED) is 0.726. The molecule has 3 amide bonds. The van der Waals surface area contributed by atoms with E-state index in [9.17, 15) is 9.59 Å². The molecule has 0 saturated heterocycles. The number of nitrogens with two attached hydrogens (primary N) is 1. The molecule has 1 aromatic rings. The number of urea groups is 1.